The third-order valence-electron chi connectivity index (χ3n) is 3.30. The lowest BCUT2D eigenvalue weighted by molar-refractivity contribution is 0.223. The fraction of sp³-hybridized carbons (Fsp3) is 0.278. The Labute approximate surface area is 135 Å². The number of benzene rings is 2. The highest BCUT2D eigenvalue weighted by molar-refractivity contribution is 5.73. The summed E-state index contributed by atoms with van der Waals surface area (Å²) in [4.78, 5) is 11.6. The molecule has 2 rings (SSSR count). The highest BCUT2D eigenvalue weighted by atomic mass is 19.1. The van der Waals surface area contributed by atoms with Gasteiger partial charge < -0.3 is 15.4 Å². The summed E-state index contributed by atoms with van der Waals surface area (Å²) in [6, 6.07) is 13.5. The van der Waals surface area contributed by atoms with E-state index in [2.05, 4.69) is 17.6 Å². The van der Waals surface area contributed by atoms with Crippen LogP contribution in [0.2, 0.25) is 0 Å². The number of halogens is 1. The van der Waals surface area contributed by atoms with E-state index in [9.17, 15) is 9.18 Å². The zero-order valence-electron chi connectivity index (χ0n) is 13.1. The topological polar surface area (TPSA) is 50.4 Å². The maximum atomic E-state index is 12.8. The highest BCUT2D eigenvalue weighted by Crippen LogP contribution is 2.12. The largest absolute Gasteiger partial charge is 0.473 e. The molecule has 0 fully saturated rings. The molecule has 122 valence electrons. The SMILES string of the molecule is CCCc1ccc(OCNC(=O)NCc2ccc(F)cc2)cc1. The fourth-order valence-corrected chi connectivity index (χ4v) is 2.07. The maximum Gasteiger partial charge on any atom is 0.317 e. The molecule has 0 bridgehead atoms. The van der Waals surface area contributed by atoms with Crippen LogP contribution in [0.5, 0.6) is 5.75 Å². The van der Waals surface area contributed by atoms with Crippen molar-refractivity contribution in [1.29, 1.82) is 0 Å². The van der Waals surface area contributed by atoms with E-state index in [0.29, 0.717) is 12.3 Å². The Hall–Kier alpha value is -2.56. The first-order chi connectivity index (χ1) is 11.2. The molecule has 0 radical (unpaired) electrons. The van der Waals surface area contributed by atoms with Gasteiger partial charge in [-0.25, -0.2) is 9.18 Å². The van der Waals surface area contributed by atoms with E-state index in [1.165, 1.54) is 17.7 Å². The van der Waals surface area contributed by atoms with Gasteiger partial charge >= 0.3 is 6.03 Å². The van der Waals surface area contributed by atoms with Gasteiger partial charge in [0.25, 0.3) is 0 Å². The summed E-state index contributed by atoms with van der Waals surface area (Å²) in [6.45, 7) is 2.55. The average molecular weight is 316 g/mol. The number of ether oxygens (including phenoxy) is 1. The van der Waals surface area contributed by atoms with Crippen molar-refractivity contribution >= 4 is 6.03 Å². The van der Waals surface area contributed by atoms with Crippen LogP contribution in [0.1, 0.15) is 24.5 Å². The van der Waals surface area contributed by atoms with Crippen LogP contribution in [-0.2, 0) is 13.0 Å². The van der Waals surface area contributed by atoms with Crippen LogP contribution in [-0.4, -0.2) is 12.8 Å². The molecule has 0 aliphatic carbocycles. The molecule has 2 aromatic carbocycles. The Morgan fingerprint density at radius 3 is 2.30 bits per heavy atom. The molecule has 0 atom stereocenters. The van der Waals surface area contributed by atoms with E-state index in [1.54, 1.807) is 12.1 Å². The van der Waals surface area contributed by atoms with Crippen molar-refractivity contribution in [2.45, 2.75) is 26.3 Å². The number of urea groups is 1. The van der Waals surface area contributed by atoms with Crippen molar-refractivity contribution in [2.24, 2.45) is 0 Å². The summed E-state index contributed by atoms with van der Waals surface area (Å²) in [5.41, 5.74) is 2.10. The molecule has 0 aromatic heterocycles. The lowest BCUT2D eigenvalue weighted by atomic mass is 10.1. The van der Waals surface area contributed by atoms with Crippen molar-refractivity contribution in [1.82, 2.24) is 10.6 Å². The van der Waals surface area contributed by atoms with E-state index < -0.39 is 0 Å². The minimum Gasteiger partial charge on any atom is -0.473 e. The van der Waals surface area contributed by atoms with Gasteiger partial charge in [-0.1, -0.05) is 37.6 Å². The minimum atomic E-state index is -0.336. The summed E-state index contributed by atoms with van der Waals surface area (Å²) < 4.78 is 18.2. The van der Waals surface area contributed by atoms with Crippen LogP contribution in [0.25, 0.3) is 0 Å². The molecule has 4 nitrogen and oxygen atoms in total. The van der Waals surface area contributed by atoms with E-state index in [1.807, 2.05) is 24.3 Å². The quantitative estimate of drug-likeness (QED) is 0.767. The lowest BCUT2D eigenvalue weighted by Gasteiger charge is -2.10. The normalized spacial score (nSPS) is 10.2. The predicted octanol–water partition coefficient (Wildman–Crippen LogP) is 3.61. The fourth-order valence-electron chi connectivity index (χ4n) is 2.07. The summed E-state index contributed by atoms with van der Waals surface area (Å²) in [7, 11) is 0. The second kappa shape index (κ2) is 8.78. The van der Waals surface area contributed by atoms with Crippen molar-refractivity contribution in [2.75, 3.05) is 6.73 Å². The van der Waals surface area contributed by atoms with Gasteiger partial charge in [0.15, 0.2) is 6.73 Å². The van der Waals surface area contributed by atoms with Crippen molar-refractivity contribution in [3.05, 3.63) is 65.5 Å². The number of nitrogens with one attached hydrogen (secondary N) is 2. The number of carbonyl (C=O) groups excluding carboxylic acids is 1. The molecule has 0 aliphatic rings. The Morgan fingerprint density at radius 1 is 1.00 bits per heavy atom. The first kappa shape index (κ1) is 16.8. The van der Waals surface area contributed by atoms with Gasteiger partial charge in [0.2, 0.25) is 0 Å². The predicted molar refractivity (Wildman–Crippen MR) is 87.7 cm³/mol. The molecule has 0 aliphatic heterocycles. The Bertz CT molecular complexity index is 612. The number of carbonyl (C=O) groups is 1. The first-order valence-electron chi connectivity index (χ1n) is 7.65. The number of amides is 2. The molecule has 2 amide bonds. The third kappa shape index (κ3) is 5.98. The van der Waals surface area contributed by atoms with Crippen LogP contribution < -0.4 is 15.4 Å². The molecule has 5 heteroatoms. The van der Waals surface area contributed by atoms with Gasteiger partial charge in [-0.15, -0.1) is 0 Å². The summed E-state index contributed by atoms with van der Waals surface area (Å²) in [5, 5.41) is 5.28. The summed E-state index contributed by atoms with van der Waals surface area (Å²) in [5.74, 6) is 0.417. The van der Waals surface area contributed by atoms with Crippen LogP contribution in [0.15, 0.2) is 48.5 Å². The second-order valence-electron chi connectivity index (χ2n) is 5.17. The number of aryl methyl sites for hydroxylation is 1. The van der Waals surface area contributed by atoms with Crippen molar-refractivity contribution in [3.8, 4) is 5.75 Å². The van der Waals surface area contributed by atoms with Gasteiger partial charge in [-0.3, -0.25) is 0 Å². The summed E-state index contributed by atoms with van der Waals surface area (Å²) >= 11 is 0. The monoisotopic (exact) mass is 316 g/mol. The van der Waals surface area contributed by atoms with E-state index >= 15 is 0 Å². The molecule has 0 heterocycles. The average Bonchev–Trinajstić information content (AvgIpc) is 2.56. The molecular weight excluding hydrogens is 295 g/mol. The van der Waals surface area contributed by atoms with Crippen LogP contribution >= 0.6 is 0 Å². The Kier molecular flexibility index (Phi) is 6.41. The highest BCUT2D eigenvalue weighted by Gasteiger charge is 2.01. The van der Waals surface area contributed by atoms with Crippen molar-refractivity contribution < 1.29 is 13.9 Å². The lowest BCUT2D eigenvalue weighted by Crippen LogP contribution is -2.37. The number of hydrogen-bond donors (Lipinski definition) is 2. The summed E-state index contributed by atoms with van der Waals surface area (Å²) in [6.07, 6.45) is 2.15. The van der Waals surface area contributed by atoms with Crippen LogP contribution in [0.4, 0.5) is 9.18 Å². The molecule has 0 saturated carbocycles. The molecular formula is C18H21FN2O2. The van der Waals surface area contributed by atoms with Gasteiger partial charge in [0.05, 0.1) is 0 Å². The third-order valence-corrected chi connectivity index (χ3v) is 3.30. The van der Waals surface area contributed by atoms with Crippen LogP contribution in [0, 0.1) is 5.82 Å². The van der Waals surface area contributed by atoms with Crippen LogP contribution in [0.3, 0.4) is 0 Å². The zero-order chi connectivity index (χ0) is 16.5. The molecule has 23 heavy (non-hydrogen) atoms. The molecule has 0 unspecified atom stereocenters. The maximum absolute atomic E-state index is 12.8. The standard InChI is InChI=1S/C18H21FN2O2/c1-2-3-14-6-10-17(11-7-14)23-13-21-18(22)20-12-15-4-8-16(19)9-5-15/h4-11H,2-3,12-13H2,1H3,(H2,20,21,22). The number of rotatable bonds is 7. The van der Waals surface area contributed by atoms with Gasteiger partial charge in [0.1, 0.15) is 11.6 Å². The zero-order valence-corrected chi connectivity index (χ0v) is 13.1. The Balaban J connectivity index is 1.67. The molecule has 2 N–H and O–H groups in total. The van der Waals surface area contributed by atoms with E-state index in [0.717, 1.165) is 18.4 Å². The second-order valence-corrected chi connectivity index (χ2v) is 5.17. The molecule has 0 spiro atoms. The van der Waals surface area contributed by atoms with Gasteiger partial charge in [-0.2, -0.15) is 0 Å². The van der Waals surface area contributed by atoms with Gasteiger partial charge in [0, 0.05) is 6.54 Å². The Morgan fingerprint density at radius 2 is 1.65 bits per heavy atom. The first-order valence-corrected chi connectivity index (χ1v) is 7.65. The van der Waals surface area contributed by atoms with E-state index in [-0.39, 0.29) is 18.6 Å². The minimum absolute atomic E-state index is 0.0857. The molecule has 2 aromatic rings. The van der Waals surface area contributed by atoms with Crippen molar-refractivity contribution in [3.63, 3.8) is 0 Å². The number of hydrogen-bond acceptors (Lipinski definition) is 2. The van der Waals surface area contributed by atoms with E-state index in [4.69, 9.17) is 4.74 Å². The van der Waals surface area contributed by atoms with Gasteiger partial charge in [-0.05, 0) is 41.8 Å². The smallest absolute Gasteiger partial charge is 0.317 e. The molecule has 0 saturated heterocycles.